The van der Waals surface area contributed by atoms with Gasteiger partial charge in [0, 0.05) is 0 Å². The molecule has 2 aromatic rings. The molecule has 0 spiro atoms. The number of furan rings is 1. The van der Waals surface area contributed by atoms with Crippen LogP contribution in [0.2, 0.25) is 0 Å². The Morgan fingerprint density at radius 2 is 1.95 bits per heavy atom. The highest BCUT2D eigenvalue weighted by Crippen LogP contribution is 2.17. The Bertz CT molecular complexity index is 830. The zero-order valence-corrected chi connectivity index (χ0v) is 12.6. The lowest BCUT2D eigenvalue weighted by atomic mass is 10.1. The highest BCUT2D eigenvalue weighted by Gasteiger charge is 2.19. The average Bonchev–Trinajstić information content (AvgIpc) is 2.94. The molecule has 2 rings (SSSR count). The monoisotopic (exact) mass is 319 g/mol. The summed E-state index contributed by atoms with van der Waals surface area (Å²) in [6, 6.07) is 11.2. The van der Waals surface area contributed by atoms with E-state index >= 15 is 0 Å². The first-order chi connectivity index (χ1) is 10.4. The second-order valence-corrected chi connectivity index (χ2v) is 6.62. The Kier molecular flexibility index (Phi) is 4.63. The molecule has 22 heavy (non-hydrogen) atoms. The minimum Gasteiger partial charge on any atom is -0.463 e. The molecule has 0 fully saturated rings. The van der Waals surface area contributed by atoms with Crippen molar-refractivity contribution in [3.05, 3.63) is 59.0 Å². The molecule has 6 nitrogen and oxygen atoms in total. The number of rotatable bonds is 5. The fraction of sp³-hybridized carbons (Fsp3) is 0.200. The van der Waals surface area contributed by atoms with Gasteiger partial charge in [0.05, 0.1) is 24.5 Å². The number of benzene rings is 1. The van der Waals surface area contributed by atoms with E-state index in [0.29, 0.717) is 11.1 Å². The standard InChI is InChI=1S/C15H13NO5S/c1-20-15(17)14-7-6-13(21-14)10-22(18,19)9-12-5-3-2-4-11(12)8-16/h2-7H,9-10H2,1H3. The molecule has 0 saturated carbocycles. The van der Waals surface area contributed by atoms with E-state index in [4.69, 9.17) is 9.68 Å². The van der Waals surface area contributed by atoms with Crippen LogP contribution in [0.15, 0.2) is 40.8 Å². The predicted molar refractivity (Wildman–Crippen MR) is 77.5 cm³/mol. The Morgan fingerprint density at radius 3 is 2.64 bits per heavy atom. The SMILES string of the molecule is COC(=O)c1ccc(CS(=O)(=O)Cc2ccccc2C#N)o1. The van der Waals surface area contributed by atoms with E-state index in [9.17, 15) is 13.2 Å². The van der Waals surface area contributed by atoms with Crippen LogP contribution in [0.4, 0.5) is 0 Å². The highest BCUT2D eigenvalue weighted by atomic mass is 32.2. The van der Waals surface area contributed by atoms with Gasteiger partial charge in [-0.1, -0.05) is 18.2 Å². The normalized spacial score (nSPS) is 10.9. The third kappa shape index (κ3) is 3.74. The first-order valence-electron chi connectivity index (χ1n) is 6.30. The molecule has 0 aliphatic heterocycles. The van der Waals surface area contributed by atoms with Crippen LogP contribution in [0.3, 0.4) is 0 Å². The highest BCUT2D eigenvalue weighted by molar-refractivity contribution is 7.89. The molecule has 0 radical (unpaired) electrons. The first-order valence-corrected chi connectivity index (χ1v) is 8.13. The zero-order chi connectivity index (χ0) is 16.2. The number of hydrogen-bond acceptors (Lipinski definition) is 6. The van der Waals surface area contributed by atoms with Crippen molar-refractivity contribution >= 4 is 15.8 Å². The maximum atomic E-state index is 12.2. The van der Waals surface area contributed by atoms with E-state index < -0.39 is 15.8 Å². The van der Waals surface area contributed by atoms with Crippen LogP contribution in [0.1, 0.15) is 27.4 Å². The van der Waals surface area contributed by atoms with Crippen LogP contribution in [0, 0.1) is 11.3 Å². The average molecular weight is 319 g/mol. The van der Waals surface area contributed by atoms with Crippen LogP contribution < -0.4 is 0 Å². The molecule has 114 valence electrons. The van der Waals surface area contributed by atoms with Crippen molar-refractivity contribution < 1.29 is 22.4 Å². The van der Waals surface area contributed by atoms with Crippen LogP contribution in [0.25, 0.3) is 0 Å². The van der Waals surface area contributed by atoms with Crippen molar-refractivity contribution in [3.63, 3.8) is 0 Å². The van der Waals surface area contributed by atoms with Gasteiger partial charge >= 0.3 is 5.97 Å². The van der Waals surface area contributed by atoms with Crippen molar-refractivity contribution in [2.45, 2.75) is 11.5 Å². The number of ether oxygens (including phenoxy) is 1. The van der Waals surface area contributed by atoms with Gasteiger partial charge in [-0.25, -0.2) is 13.2 Å². The minimum absolute atomic E-state index is 0.0508. The molecule has 0 bridgehead atoms. The van der Waals surface area contributed by atoms with Crippen molar-refractivity contribution in [1.29, 1.82) is 5.26 Å². The van der Waals surface area contributed by atoms with E-state index in [1.165, 1.54) is 19.2 Å². The topological polar surface area (TPSA) is 97.4 Å². The molecular formula is C15H13NO5S. The molecule has 0 atom stereocenters. The third-order valence-corrected chi connectivity index (χ3v) is 4.40. The number of methoxy groups -OCH3 is 1. The molecule has 1 aromatic carbocycles. The summed E-state index contributed by atoms with van der Waals surface area (Å²) in [5.41, 5.74) is 0.755. The van der Waals surface area contributed by atoms with E-state index in [1.54, 1.807) is 24.3 Å². The smallest absolute Gasteiger partial charge is 0.373 e. The number of nitrogens with zero attached hydrogens (tertiary/aromatic N) is 1. The number of nitriles is 1. The van der Waals surface area contributed by atoms with E-state index in [1.807, 2.05) is 6.07 Å². The van der Waals surface area contributed by atoms with Crippen molar-refractivity contribution in [3.8, 4) is 6.07 Å². The van der Waals surface area contributed by atoms with Crippen molar-refractivity contribution in [2.24, 2.45) is 0 Å². The predicted octanol–water partition coefficient (Wildman–Crippen LogP) is 2.05. The Hall–Kier alpha value is -2.59. The fourth-order valence-corrected chi connectivity index (χ4v) is 3.34. The minimum atomic E-state index is -3.54. The van der Waals surface area contributed by atoms with Gasteiger partial charge in [-0.15, -0.1) is 0 Å². The molecule has 7 heteroatoms. The Balaban J connectivity index is 2.16. The second-order valence-electron chi connectivity index (χ2n) is 4.56. The Labute approximate surface area is 127 Å². The van der Waals surface area contributed by atoms with Crippen LogP contribution in [-0.2, 0) is 26.1 Å². The number of esters is 1. The molecule has 1 heterocycles. The number of carbonyl (C=O) groups excluding carboxylic acids is 1. The Morgan fingerprint density at radius 1 is 1.23 bits per heavy atom. The number of hydrogen-bond donors (Lipinski definition) is 0. The summed E-state index contributed by atoms with van der Waals surface area (Å²) in [7, 11) is -2.33. The molecule has 0 saturated heterocycles. The lowest BCUT2D eigenvalue weighted by molar-refractivity contribution is 0.0563. The van der Waals surface area contributed by atoms with Crippen LogP contribution in [-0.4, -0.2) is 21.5 Å². The summed E-state index contributed by atoms with van der Waals surface area (Å²) >= 11 is 0. The van der Waals surface area contributed by atoms with Gasteiger partial charge in [-0.05, 0) is 23.8 Å². The fourth-order valence-electron chi connectivity index (χ4n) is 1.93. The van der Waals surface area contributed by atoms with E-state index in [0.717, 1.165) is 0 Å². The molecular weight excluding hydrogens is 306 g/mol. The van der Waals surface area contributed by atoms with Gasteiger partial charge in [0.1, 0.15) is 11.5 Å². The van der Waals surface area contributed by atoms with Gasteiger partial charge < -0.3 is 9.15 Å². The maximum absolute atomic E-state index is 12.2. The first kappa shape index (κ1) is 15.8. The van der Waals surface area contributed by atoms with Crippen LogP contribution >= 0.6 is 0 Å². The molecule has 0 aliphatic rings. The summed E-state index contributed by atoms with van der Waals surface area (Å²) in [6.07, 6.45) is 0. The lowest BCUT2D eigenvalue weighted by Crippen LogP contribution is -2.08. The second kappa shape index (κ2) is 6.45. The number of carbonyl (C=O) groups is 1. The molecule has 1 aromatic heterocycles. The summed E-state index contributed by atoms with van der Waals surface area (Å²) in [6.45, 7) is 0. The van der Waals surface area contributed by atoms with Gasteiger partial charge in [-0.3, -0.25) is 0 Å². The van der Waals surface area contributed by atoms with E-state index in [2.05, 4.69) is 4.74 Å². The van der Waals surface area contributed by atoms with Crippen molar-refractivity contribution in [1.82, 2.24) is 0 Å². The lowest BCUT2D eigenvalue weighted by Gasteiger charge is -2.04. The molecule has 0 amide bonds. The summed E-state index contributed by atoms with van der Waals surface area (Å²) in [4.78, 5) is 11.3. The third-order valence-electron chi connectivity index (χ3n) is 2.92. The van der Waals surface area contributed by atoms with Gasteiger partial charge in [0.2, 0.25) is 5.76 Å². The molecule has 0 unspecified atom stereocenters. The molecule has 0 aliphatic carbocycles. The summed E-state index contributed by atoms with van der Waals surface area (Å²) in [5, 5.41) is 8.98. The summed E-state index contributed by atoms with van der Waals surface area (Å²) in [5.74, 6) is -1.20. The van der Waals surface area contributed by atoms with Gasteiger partial charge in [0.15, 0.2) is 9.84 Å². The van der Waals surface area contributed by atoms with E-state index in [-0.39, 0.29) is 23.0 Å². The van der Waals surface area contributed by atoms with Crippen molar-refractivity contribution in [2.75, 3.05) is 7.11 Å². The molecule has 0 N–H and O–H groups in total. The zero-order valence-electron chi connectivity index (χ0n) is 11.8. The van der Waals surface area contributed by atoms with Gasteiger partial charge in [-0.2, -0.15) is 5.26 Å². The summed E-state index contributed by atoms with van der Waals surface area (Å²) < 4.78 is 34.0. The number of sulfone groups is 1. The van der Waals surface area contributed by atoms with Crippen LogP contribution in [0.5, 0.6) is 0 Å². The largest absolute Gasteiger partial charge is 0.463 e. The maximum Gasteiger partial charge on any atom is 0.373 e. The quantitative estimate of drug-likeness (QED) is 0.782. The van der Waals surface area contributed by atoms with Gasteiger partial charge in [0.25, 0.3) is 0 Å².